The fourth-order valence-electron chi connectivity index (χ4n) is 1.34. The molecule has 0 saturated heterocycles. The van der Waals surface area contributed by atoms with Crippen LogP contribution < -0.4 is 16.6 Å². The number of amides is 1. The van der Waals surface area contributed by atoms with Gasteiger partial charge in [0.15, 0.2) is 0 Å². The highest BCUT2D eigenvalue weighted by Crippen LogP contribution is 2.04. The Bertz CT molecular complexity index is 296. The molecule has 0 radical (unpaired) electrons. The summed E-state index contributed by atoms with van der Waals surface area (Å²) in [4.78, 5) is 11.4. The van der Waals surface area contributed by atoms with Gasteiger partial charge in [-0.25, -0.2) is 5.84 Å². The van der Waals surface area contributed by atoms with Crippen molar-refractivity contribution in [3.63, 3.8) is 0 Å². The number of hydrogen-bond donors (Lipinski definition) is 3. The molecule has 1 aromatic heterocycles. The summed E-state index contributed by atoms with van der Waals surface area (Å²) >= 11 is 0. The number of carbonyl (C=O) groups excluding carboxylic acids is 1. The molecule has 0 spiro atoms. The number of hydrogen-bond acceptors (Lipinski definition) is 4. The molecule has 0 aliphatic carbocycles. The smallest absolute Gasteiger partial charge is 0.251 e. The zero-order valence-corrected chi connectivity index (χ0v) is 8.99. The lowest BCUT2D eigenvalue weighted by atomic mass is 10.0. The number of carbonyl (C=O) groups is 1. The van der Waals surface area contributed by atoms with Crippen LogP contribution in [-0.4, -0.2) is 11.9 Å². The number of nitrogens with two attached hydrogens (primary N) is 1. The van der Waals surface area contributed by atoms with Crippen LogP contribution in [0.3, 0.4) is 0 Å². The van der Waals surface area contributed by atoms with Gasteiger partial charge < -0.3 is 4.42 Å². The van der Waals surface area contributed by atoms with Gasteiger partial charge in [0.05, 0.1) is 18.8 Å². The molecular formula is C10H17N3O2. The first kappa shape index (κ1) is 11.7. The molecule has 0 unspecified atom stereocenters. The predicted molar refractivity (Wildman–Crippen MR) is 56.5 cm³/mol. The van der Waals surface area contributed by atoms with Gasteiger partial charge in [-0.05, 0) is 18.1 Å². The van der Waals surface area contributed by atoms with Crippen molar-refractivity contribution >= 4 is 5.91 Å². The summed E-state index contributed by atoms with van der Waals surface area (Å²) in [6.07, 6.45) is 1.60. The Kier molecular flexibility index (Phi) is 4.33. The molecule has 0 aliphatic heterocycles. The summed E-state index contributed by atoms with van der Waals surface area (Å²) in [5, 5.41) is 3.09. The minimum Gasteiger partial charge on any atom is -0.468 e. The summed E-state index contributed by atoms with van der Waals surface area (Å²) in [5.41, 5.74) is 2.14. The first-order valence-electron chi connectivity index (χ1n) is 4.91. The Morgan fingerprint density at radius 1 is 1.60 bits per heavy atom. The quantitative estimate of drug-likeness (QED) is 0.374. The van der Waals surface area contributed by atoms with Crippen LogP contribution in [0, 0.1) is 5.92 Å². The predicted octanol–water partition coefficient (Wildman–Crippen LogP) is 0.384. The van der Waals surface area contributed by atoms with E-state index in [0.29, 0.717) is 6.54 Å². The van der Waals surface area contributed by atoms with E-state index in [2.05, 4.69) is 10.7 Å². The second-order valence-corrected chi connectivity index (χ2v) is 3.69. The lowest BCUT2D eigenvalue weighted by Crippen LogP contribution is -2.49. The first-order valence-corrected chi connectivity index (χ1v) is 4.91. The molecule has 5 nitrogen and oxygen atoms in total. The van der Waals surface area contributed by atoms with Gasteiger partial charge in [-0.3, -0.25) is 15.5 Å². The largest absolute Gasteiger partial charge is 0.468 e. The Labute approximate surface area is 89.0 Å². The third-order valence-corrected chi connectivity index (χ3v) is 2.17. The molecule has 0 fully saturated rings. The molecule has 4 N–H and O–H groups in total. The summed E-state index contributed by atoms with van der Waals surface area (Å²) < 4.78 is 5.15. The van der Waals surface area contributed by atoms with E-state index in [-0.39, 0.29) is 17.9 Å². The van der Waals surface area contributed by atoms with E-state index >= 15 is 0 Å². The number of nitrogens with one attached hydrogen (secondary N) is 2. The van der Waals surface area contributed by atoms with E-state index in [4.69, 9.17) is 10.3 Å². The van der Waals surface area contributed by atoms with Crippen LogP contribution in [0.25, 0.3) is 0 Å². The van der Waals surface area contributed by atoms with Crippen LogP contribution >= 0.6 is 0 Å². The minimum absolute atomic E-state index is 0.170. The van der Waals surface area contributed by atoms with E-state index < -0.39 is 0 Å². The van der Waals surface area contributed by atoms with Crippen LogP contribution in [0.5, 0.6) is 0 Å². The molecule has 1 aromatic rings. The molecular weight excluding hydrogens is 194 g/mol. The van der Waals surface area contributed by atoms with E-state index in [1.54, 1.807) is 6.26 Å². The molecule has 1 heterocycles. The first-order chi connectivity index (χ1) is 7.15. The minimum atomic E-state index is -0.305. The van der Waals surface area contributed by atoms with Crippen molar-refractivity contribution < 1.29 is 9.21 Å². The van der Waals surface area contributed by atoms with Crippen molar-refractivity contribution in [3.05, 3.63) is 24.2 Å². The third-order valence-electron chi connectivity index (χ3n) is 2.17. The average Bonchev–Trinajstić information content (AvgIpc) is 2.70. The van der Waals surface area contributed by atoms with Gasteiger partial charge in [-0.15, -0.1) is 0 Å². The molecule has 0 bridgehead atoms. The standard InChI is InChI=1S/C10H17N3O2/c1-7(2)9(10(14)13-11)12-6-8-4-3-5-15-8/h3-5,7,9,12H,6,11H2,1-2H3,(H,13,14)/t9-/m1/s1. The molecule has 0 aromatic carbocycles. The maximum absolute atomic E-state index is 11.4. The van der Waals surface area contributed by atoms with Crippen LogP contribution in [0.1, 0.15) is 19.6 Å². The SMILES string of the molecule is CC(C)[C@@H](NCc1ccco1)C(=O)NN. The topological polar surface area (TPSA) is 80.3 Å². The molecule has 5 heteroatoms. The Morgan fingerprint density at radius 2 is 2.33 bits per heavy atom. The van der Waals surface area contributed by atoms with Crippen molar-refractivity contribution in [2.24, 2.45) is 11.8 Å². The van der Waals surface area contributed by atoms with E-state index in [1.807, 2.05) is 26.0 Å². The zero-order valence-electron chi connectivity index (χ0n) is 8.99. The van der Waals surface area contributed by atoms with Crippen molar-refractivity contribution in [1.82, 2.24) is 10.7 Å². The van der Waals surface area contributed by atoms with Gasteiger partial charge in [0.2, 0.25) is 0 Å². The maximum Gasteiger partial charge on any atom is 0.251 e. The summed E-state index contributed by atoms with van der Waals surface area (Å²) in [6.45, 7) is 4.42. The van der Waals surface area contributed by atoms with Crippen molar-refractivity contribution in [2.45, 2.75) is 26.4 Å². The van der Waals surface area contributed by atoms with E-state index in [0.717, 1.165) is 5.76 Å². The fourth-order valence-corrected chi connectivity index (χ4v) is 1.34. The summed E-state index contributed by atoms with van der Waals surface area (Å²) in [7, 11) is 0. The molecule has 0 saturated carbocycles. The average molecular weight is 211 g/mol. The highest BCUT2D eigenvalue weighted by atomic mass is 16.3. The Morgan fingerprint density at radius 3 is 2.80 bits per heavy atom. The Hall–Kier alpha value is -1.33. The summed E-state index contributed by atoms with van der Waals surface area (Å²) in [5.74, 6) is 5.85. The summed E-state index contributed by atoms with van der Waals surface area (Å²) in [6, 6.07) is 3.36. The van der Waals surface area contributed by atoms with Crippen LogP contribution in [0.4, 0.5) is 0 Å². The number of furan rings is 1. The van der Waals surface area contributed by atoms with Crippen LogP contribution in [0.2, 0.25) is 0 Å². The van der Waals surface area contributed by atoms with Crippen molar-refractivity contribution in [3.8, 4) is 0 Å². The van der Waals surface area contributed by atoms with Crippen molar-refractivity contribution in [2.75, 3.05) is 0 Å². The normalized spacial score (nSPS) is 12.8. The molecule has 15 heavy (non-hydrogen) atoms. The molecule has 84 valence electrons. The molecule has 1 amide bonds. The molecule has 0 aliphatic rings. The van der Waals surface area contributed by atoms with Crippen molar-refractivity contribution in [1.29, 1.82) is 0 Å². The van der Waals surface area contributed by atoms with Gasteiger partial charge in [-0.2, -0.15) is 0 Å². The fraction of sp³-hybridized carbons (Fsp3) is 0.500. The Balaban J connectivity index is 2.49. The highest BCUT2D eigenvalue weighted by Gasteiger charge is 2.20. The van der Waals surface area contributed by atoms with Gasteiger partial charge in [-0.1, -0.05) is 13.8 Å². The van der Waals surface area contributed by atoms with E-state index in [9.17, 15) is 4.79 Å². The zero-order chi connectivity index (χ0) is 11.3. The van der Waals surface area contributed by atoms with Gasteiger partial charge in [0.1, 0.15) is 5.76 Å². The highest BCUT2D eigenvalue weighted by molar-refractivity contribution is 5.81. The number of hydrazine groups is 1. The van der Waals surface area contributed by atoms with Gasteiger partial charge in [0, 0.05) is 0 Å². The van der Waals surface area contributed by atoms with Crippen LogP contribution in [-0.2, 0) is 11.3 Å². The van der Waals surface area contributed by atoms with Gasteiger partial charge in [0.25, 0.3) is 5.91 Å². The van der Waals surface area contributed by atoms with Crippen LogP contribution in [0.15, 0.2) is 22.8 Å². The molecule has 1 atom stereocenters. The third kappa shape index (κ3) is 3.38. The second-order valence-electron chi connectivity index (χ2n) is 3.69. The molecule has 1 rings (SSSR count). The monoisotopic (exact) mass is 211 g/mol. The van der Waals surface area contributed by atoms with Gasteiger partial charge >= 0.3 is 0 Å². The maximum atomic E-state index is 11.4. The lowest BCUT2D eigenvalue weighted by molar-refractivity contribution is -0.124. The second kappa shape index (κ2) is 5.53. The lowest BCUT2D eigenvalue weighted by Gasteiger charge is -2.19. The van der Waals surface area contributed by atoms with E-state index in [1.165, 1.54) is 0 Å². The number of rotatable bonds is 5.